The molecule has 1 saturated carbocycles. The maximum atomic E-state index is 13.2. The number of benzene rings is 1. The number of aromatic nitrogens is 6. The molecule has 0 spiro atoms. The molecule has 0 saturated heterocycles. The summed E-state index contributed by atoms with van der Waals surface area (Å²) in [5.74, 6) is 1.94. The number of methoxy groups -OCH3 is 1. The van der Waals surface area contributed by atoms with Gasteiger partial charge in [0.2, 0.25) is 0 Å². The molecule has 5 rings (SSSR count). The van der Waals surface area contributed by atoms with Gasteiger partial charge in [-0.15, -0.1) is 0 Å². The molecule has 0 atom stereocenters. The van der Waals surface area contributed by atoms with E-state index in [-0.39, 0.29) is 5.82 Å². The predicted octanol–water partition coefficient (Wildman–Crippen LogP) is 6.33. The van der Waals surface area contributed by atoms with Crippen molar-refractivity contribution in [3.05, 3.63) is 65.2 Å². The maximum absolute atomic E-state index is 13.2. The molecule has 210 valence electrons. The smallest absolute Gasteiger partial charge is 0.434 e. The van der Waals surface area contributed by atoms with Crippen molar-refractivity contribution in [2.75, 3.05) is 13.7 Å². The highest BCUT2D eigenvalue weighted by molar-refractivity contribution is 6.25. The first-order valence-corrected chi connectivity index (χ1v) is 13.4. The number of aryl methyl sites for hydroxylation is 2. The van der Waals surface area contributed by atoms with Crippen LogP contribution < -0.4 is 0 Å². The highest BCUT2D eigenvalue weighted by Gasteiger charge is 2.35. The zero-order valence-corrected chi connectivity index (χ0v) is 23.2. The normalized spacial score (nSPS) is 15.1. The van der Waals surface area contributed by atoms with E-state index in [0.717, 1.165) is 52.7 Å². The van der Waals surface area contributed by atoms with Crippen molar-refractivity contribution in [2.24, 2.45) is 10.9 Å². The monoisotopic (exact) mass is 551 g/mol. The van der Waals surface area contributed by atoms with Crippen LogP contribution in [0.3, 0.4) is 0 Å². The van der Waals surface area contributed by atoms with Crippen LogP contribution in [-0.4, -0.2) is 48.7 Å². The number of nitrogens with zero attached hydrogens (tertiary/aromatic N) is 7. The second-order valence-electron chi connectivity index (χ2n) is 9.87. The Balaban J connectivity index is 1.48. The van der Waals surface area contributed by atoms with Crippen LogP contribution in [0.4, 0.5) is 13.2 Å². The van der Waals surface area contributed by atoms with Crippen LogP contribution >= 0.6 is 0 Å². The van der Waals surface area contributed by atoms with E-state index < -0.39 is 11.9 Å². The quantitative estimate of drug-likeness (QED) is 0.179. The van der Waals surface area contributed by atoms with Crippen LogP contribution in [0.15, 0.2) is 47.4 Å². The first-order valence-electron chi connectivity index (χ1n) is 13.4. The van der Waals surface area contributed by atoms with Gasteiger partial charge in [0.15, 0.2) is 17.2 Å². The zero-order valence-electron chi connectivity index (χ0n) is 23.2. The largest absolute Gasteiger partial charge is 0.501 e. The molecule has 0 N–H and O–H groups in total. The lowest BCUT2D eigenvalue weighted by Gasteiger charge is -2.13. The maximum Gasteiger partial charge on any atom is 0.434 e. The summed E-state index contributed by atoms with van der Waals surface area (Å²) >= 11 is 0. The summed E-state index contributed by atoms with van der Waals surface area (Å²) in [6.45, 7) is 9.10. The van der Waals surface area contributed by atoms with Gasteiger partial charge >= 0.3 is 6.18 Å². The van der Waals surface area contributed by atoms with Gasteiger partial charge in [0.25, 0.3) is 0 Å². The average molecular weight is 552 g/mol. The lowest BCUT2D eigenvalue weighted by Crippen LogP contribution is -2.12. The van der Waals surface area contributed by atoms with Crippen LogP contribution in [0.2, 0.25) is 0 Å². The first kappa shape index (κ1) is 27.5. The van der Waals surface area contributed by atoms with Gasteiger partial charge < -0.3 is 9.30 Å². The Kier molecular flexibility index (Phi) is 7.48. The van der Waals surface area contributed by atoms with Crippen molar-refractivity contribution in [2.45, 2.75) is 59.8 Å². The first-order chi connectivity index (χ1) is 19.1. The predicted molar refractivity (Wildman–Crippen MR) is 148 cm³/mol. The van der Waals surface area contributed by atoms with Gasteiger partial charge in [-0.2, -0.15) is 18.3 Å². The Morgan fingerprint density at radius 1 is 1.12 bits per heavy atom. The summed E-state index contributed by atoms with van der Waals surface area (Å²) in [6.07, 6.45) is 0.525. The second kappa shape index (κ2) is 10.9. The van der Waals surface area contributed by atoms with Crippen LogP contribution in [-0.2, 0) is 24.0 Å². The minimum absolute atomic E-state index is 0.284. The van der Waals surface area contributed by atoms with Crippen LogP contribution in [0.5, 0.6) is 0 Å². The van der Waals surface area contributed by atoms with Crippen LogP contribution in [0.1, 0.15) is 56.4 Å². The van der Waals surface area contributed by atoms with Gasteiger partial charge in [-0.1, -0.05) is 24.3 Å². The van der Waals surface area contributed by atoms with E-state index in [9.17, 15) is 13.2 Å². The lowest BCUT2D eigenvalue weighted by molar-refractivity contribution is -0.140. The number of halogens is 3. The van der Waals surface area contributed by atoms with Crippen molar-refractivity contribution in [1.29, 1.82) is 0 Å². The molecule has 0 bridgehead atoms. The molecule has 1 aliphatic carbocycles. The SMILES string of the molecule is CC/N=C(\C(=C(/C)OC)c1ncc2c(C)nn(Cc3ccc(-c4nc(C(F)(F)F)cn4CC)cc3)c2n1)C1CC1. The number of rotatable bonds is 9. The minimum Gasteiger partial charge on any atom is -0.501 e. The Labute approximate surface area is 230 Å². The molecule has 0 amide bonds. The summed E-state index contributed by atoms with van der Waals surface area (Å²) < 4.78 is 48.6. The van der Waals surface area contributed by atoms with Crippen molar-refractivity contribution < 1.29 is 17.9 Å². The molecule has 1 aromatic carbocycles. The summed E-state index contributed by atoms with van der Waals surface area (Å²) in [4.78, 5) is 18.2. The van der Waals surface area contributed by atoms with Crippen molar-refractivity contribution in [3.63, 3.8) is 0 Å². The molecule has 11 heteroatoms. The van der Waals surface area contributed by atoms with E-state index in [1.54, 1.807) is 32.4 Å². The van der Waals surface area contributed by atoms with E-state index in [1.807, 2.05) is 37.6 Å². The standard InChI is InChI=1S/C29H32F3N7O/c1-6-33-25(20-12-13-20)24(18(4)40-5)26-34-14-22-17(3)37-39(28(22)36-26)15-19-8-10-21(11-9-19)27-35-23(29(30,31)32)16-38(27)7-2/h8-11,14,16,20H,6-7,12-13,15H2,1-5H3/b24-18-,33-25-. The molecule has 0 aliphatic heterocycles. The van der Waals surface area contributed by atoms with Gasteiger partial charge in [-0.25, -0.2) is 19.6 Å². The van der Waals surface area contributed by atoms with Gasteiger partial charge in [-0.05, 0) is 46.1 Å². The molecular weight excluding hydrogens is 519 g/mol. The summed E-state index contributed by atoms with van der Waals surface area (Å²) in [6, 6.07) is 7.33. The molecular formula is C29H32F3N7O. The third-order valence-corrected chi connectivity index (χ3v) is 7.06. The van der Waals surface area contributed by atoms with Crippen LogP contribution in [0.25, 0.3) is 28.0 Å². The number of alkyl halides is 3. The molecule has 8 nitrogen and oxygen atoms in total. The summed E-state index contributed by atoms with van der Waals surface area (Å²) in [5, 5.41) is 5.56. The molecule has 40 heavy (non-hydrogen) atoms. The minimum atomic E-state index is -4.49. The Morgan fingerprint density at radius 3 is 2.45 bits per heavy atom. The number of hydrogen-bond donors (Lipinski definition) is 0. The Bertz CT molecular complexity index is 1590. The van der Waals surface area contributed by atoms with Crippen LogP contribution in [0, 0.1) is 12.8 Å². The number of allylic oxidation sites excluding steroid dienone is 2. The zero-order chi connectivity index (χ0) is 28.6. The highest BCUT2D eigenvalue weighted by Crippen LogP contribution is 2.37. The number of imidazole rings is 1. The molecule has 3 heterocycles. The fourth-order valence-corrected chi connectivity index (χ4v) is 4.79. The third kappa shape index (κ3) is 5.37. The number of aliphatic imine (C=N–C) groups is 1. The molecule has 3 aromatic heterocycles. The van der Waals surface area contributed by atoms with E-state index in [1.165, 1.54) is 4.57 Å². The number of fused-ring (bicyclic) bond motifs is 1. The van der Waals surface area contributed by atoms with E-state index in [2.05, 4.69) is 9.97 Å². The number of hydrogen-bond acceptors (Lipinski definition) is 6. The topological polar surface area (TPSA) is 83.0 Å². The molecule has 1 fully saturated rings. The molecule has 1 aliphatic rings. The molecule has 4 aromatic rings. The number of ether oxygens (including phenoxy) is 1. The summed E-state index contributed by atoms with van der Waals surface area (Å²) in [7, 11) is 1.64. The second-order valence-corrected chi connectivity index (χ2v) is 9.87. The van der Waals surface area contributed by atoms with Gasteiger partial charge in [0, 0.05) is 37.0 Å². The fourth-order valence-electron chi connectivity index (χ4n) is 4.79. The van der Waals surface area contributed by atoms with Crippen molar-refractivity contribution >= 4 is 22.3 Å². The van der Waals surface area contributed by atoms with Gasteiger partial charge in [0.05, 0.1) is 36.0 Å². The van der Waals surface area contributed by atoms with Gasteiger partial charge in [0.1, 0.15) is 11.6 Å². The van der Waals surface area contributed by atoms with Crippen molar-refractivity contribution in [3.8, 4) is 11.4 Å². The fraction of sp³-hybridized carbons (Fsp3) is 0.414. The lowest BCUT2D eigenvalue weighted by atomic mass is 10.0. The third-order valence-electron chi connectivity index (χ3n) is 7.06. The molecule has 0 unspecified atom stereocenters. The highest BCUT2D eigenvalue weighted by atomic mass is 19.4. The van der Waals surface area contributed by atoms with E-state index in [4.69, 9.17) is 19.8 Å². The average Bonchev–Trinajstić information content (AvgIpc) is 3.61. The van der Waals surface area contributed by atoms with E-state index >= 15 is 0 Å². The molecule has 0 radical (unpaired) electrons. The van der Waals surface area contributed by atoms with Gasteiger partial charge in [-0.3, -0.25) is 4.99 Å². The van der Waals surface area contributed by atoms with E-state index in [0.29, 0.717) is 42.6 Å². The Hall–Kier alpha value is -4.02. The van der Waals surface area contributed by atoms with Crippen molar-refractivity contribution in [1.82, 2.24) is 29.3 Å². The Morgan fingerprint density at radius 2 is 1.85 bits per heavy atom. The summed E-state index contributed by atoms with van der Waals surface area (Å²) in [5.41, 5.74) is 3.95.